The van der Waals surface area contributed by atoms with Gasteiger partial charge in [-0.1, -0.05) is 27.7 Å². The summed E-state index contributed by atoms with van der Waals surface area (Å²) < 4.78 is 84.2. The lowest BCUT2D eigenvalue weighted by Gasteiger charge is -2.40. The molecular weight excluding hydrogens is 1110 g/mol. The van der Waals surface area contributed by atoms with Gasteiger partial charge in [0, 0.05) is 62.1 Å². The number of hydrogen-bond acceptors (Lipinski definition) is 27. The van der Waals surface area contributed by atoms with Gasteiger partial charge in [0.15, 0.2) is 18.9 Å². The Morgan fingerprint density at radius 3 is 0.855 bits per heavy atom. The second-order valence-electron chi connectivity index (χ2n) is 20.8. The van der Waals surface area contributed by atoms with Gasteiger partial charge in [-0.3, -0.25) is 14.4 Å². The smallest absolute Gasteiger partial charge is 0.222 e. The van der Waals surface area contributed by atoms with Crippen LogP contribution in [0, 0.1) is 23.2 Å². The Morgan fingerprint density at radius 2 is 0.602 bits per heavy atom. The van der Waals surface area contributed by atoms with Crippen LogP contribution in [0.4, 0.5) is 0 Å². The first-order chi connectivity index (χ1) is 40.0. The minimum atomic E-state index is -1.21. The van der Waals surface area contributed by atoms with Crippen molar-refractivity contribution in [2.24, 2.45) is 23.2 Å². The maximum atomic E-state index is 12.5. The molecule has 0 aliphatic carbocycles. The summed E-state index contributed by atoms with van der Waals surface area (Å²) in [6.07, 6.45) is -11.9. The number of rotatable bonds is 48. The Bertz CT molecular complexity index is 1500. The molecule has 12 N–H and O–H groups in total. The summed E-state index contributed by atoms with van der Waals surface area (Å²) in [5.74, 6) is -2.26. The molecule has 0 saturated carbocycles. The standard InChI is InChI=1S/C53H99N3O27/c1-35-44(63)47(66)38(29-57)81-50(35)78-26-23-72-20-17-69-14-8-54-41(60)5-11-75-32-53(4,33-76-12-6-42(61)55-9-15-70-18-21-73-24-27-79-51-36(2)45(64)48(67)39(30-58)82-51)34-77-13-7-43(62)56-10-16-71-19-22-74-25-28-80-52-37(3)46(65)49(68)40(31-59)83-52/h35-40,44-52,57-59,63-68H,5-34H2,1-4H3,(H,54,60)(H,55,61)(H,56,62)/t35?,36?,37?,38?,39?,40?,44-,45-,46-,47+,48+,49+,50-,51-,52-,53?/m1/s1. The summed E-state index contributed by atoms with van der Waals surface area (Å²) in [7, 11) is 0. The molecule has 6 unspecified atom stereocenters. The summed E-state index contributed by atoms with van der Waals surface area (Å²) in [5, 5.41) is 96.9. The Hall–Kier alpha value is -2.55. The lowest BCUT2D eigenvalue weighted by Crippen LogP contribution is -2.55. The average Bonchev–Trinajstić information content (AvgIpc) is 3.53. The minimum Gasteiger partial charge on any atom is -0.394 e. The van der Waals surface area contributed by atoms with Crippen LogP contribution in [0.2, 0.25) is 0 Å². The summed E-state index contributed by atoms with van der Waals surface area (Å²) in [6.45, 7) is 10.5. The van der Waals surface area contributed by atoms with Gasteiger partial charge in [-0.15, -0.1) is 0 Å². The summed E-state index contributed by atoms with van der Waals surface area (Å²) in [4.78, 5) is 37.6. The Morgan fingerprint density at radius 1 is 0.361 bits per heavy atom. The van der Waals surface area contributed by atoms with Crippen LogP contribution in [-0.2, 0) is 85.4 Å². The number of hydrogen-bond donors (Lipinski definition) is 12. The molecule has 3 saturated heterocycles. The van der Waals surface area contributed by atoms with E-state index in [0.29, 0.717) is 0 Å². The fraction of sp³-hybridized carbons (Fsp3) is 0.943. The van der Waals surface area contributed by atoms with Gasteiger partial charge in [-0.2, -0.15) is 0 Å². The number of nitrogens with one attached hydrogen (secondary N) is 3. The third-order valence-corrected chi connectivity index (χ3v) is 13.7. The molecule has 83 heavy (non-hydrogen) atoms. The van der Waals surface area contributed by atoms with Crippen molar-refractivity contribution in [1.29, 1.82) is 0 Å². The predicted molar refractivity (Wildman–Crippen MR) is 287 cm³/mol. The Labute approximate surface area is 486 Å². The lowest BCUT2D eigenvalue weighted by molar-refractivity contribution is -0.284. The molecule has 3 rings (SSSR count). The van der Waals surface area contributed by atoms with Gasteiger partial charge in [-0.05, 0) is 0 Å². The molecule has 30 heteroatoms. The van der Waals surface area contributed by atoms with Crippen molar-refractivity contribution in [3.63, 3.8) is 0 Å². The average molecular weight is 1210 g/mol. The van der Waals surface area contributed by atoms with Crippen molar-refractivity contribution in [1.82, 2.24) is 16.0 Å². The van der Waals surface area contributed by atoms with Crippen LogP contribution >= 0.6 is 0 Å². The molecule has 488 valence electrons. The molecule has 15 atom stereocenters. The van der Waals surface area contributed by atoms with Gasteiger partial charge >= 0.3 is 0 Å². The van der Waals surface area contributed by atoms with E-state index in [2.05, 4.69) is 16.0 Å². The van der Waals surface area contributed by atoms with Crippen molar-refractivity contribution in [3.8, 4) is 0 Å². The molecule has 0 aromatic carbocycles. The van der Waals surface area contributed by atoms with Crippen LogP contribution in [0.15, 0.2) is 0 Å². The first-order valence-electron chi connectivity index (χ1n) is 28.7. The number of amides is 3. The van der Waals surface area contributed by atoms with Crippen molar-refractivity contribution in [3.05, 3.63) is 0 Å². The highest BCUT2D eigenvalue weighted by molar-refractivity contribution is 5.76. The van der Waals surface area contributed by atoms with Crippen molar-refractivity contribution in [2.45, 2.75) is 121 Å². The Balaban J connectivity index is 1.26. The summed E-state index contributed by atoms with van der Waals surface area (Å²) >= 11 is 0. The largest absolute Gasteiger partial charge is 0.394 e. The van der Waals surface area contributed by atoms with Crippen LogP contribution in [-0.4, -0.2) is 316 Å². The lowest BCUT2D eigenvalue weighted by atomic mass is 9.92. The van der Waals surface area contributed by atoms with Gasteiger partial charge in [0.25, 0.3) is 0 Å². The van der Waals surface area contributed by atoms with E-state index in [9.17, 15) is 60.3 Å². The van der Waals surface area contributed by atoms with Crippen LogP contribution in [0.1, 0.15) is 47.0 Å². The number of carbonyl (C=O) groups excluding carboxylic acids is 3. The molecule has 0 radical (unpaired) electrons. The maximum Gasteiger partial charge on any atom is 0.222 e. The first kappa shape index (κ1) is 74.7. The fourth-order valence-corrected chi connectivity index (χ4v) is 8.50. The molecule has 0 spiro atoms. The zero-order valence-corrected chi connectivity index (χ0v) is 48.7. The van der Waals surface area contributed by atoms with Gasteiger partial charge in [0.2, 0.25) is 17.7 Å². The molecule has 3 fully saturated rings. The van der Waals surface area contributed by atoms with E-state index >= 15 is 0 Å². The normalized spacial score (nSPS) is 29.1. The number of ether oxygens (including phenoxy) is 15. The minimum absolute atomic E-state index is 0.0707. The van der Waals surface area contributed by atoms with Crippen LogP contribution in [0.25, 0.3) is 0 Å². The molecular formula is C53H99N3O27. The van der Waals surface area contributed by atoms with Gasteiger partial charge in [0.05, 0.1) is 177 Å². The highest BCUT2D eigenvalue weighted by Gasteiger charge is 2.44. The Kier molecular flexibility index (Phi) is 39.6. The molecule has 0 aromatic rings. The number of aliphatic hydroxyl groups is 9. The van der Waals surface area contributed by atoms with Crippen molar-refractivity contribution < 1.29 is 131 Å². The molecule has 3 heterocycles. The van der Waals surface area contributed by atoms with Crippen LogP contribution in [0.3, 0.4) is 0 Å². The molecule has 0 bridgehead atoms. The van der Waals surface area contributed by atoms with E-state index in [1.54, 1.807) is 20.8 Å². The van der Waals surface area contributed by atoms with E-state index in [1.165, 1.54) is 0 Å². The molecule has 30 nitrogen and oxygen atoms in total. The second kappa shape index (κ2) is 44.0. The zero-order chi connectivity index (χ0) is 60.8. The monoisotopic (exact) mass is 1210 g/mol. The quantitative estimate of drug-likeness (QED) is 0.0254. The van der Waals surface area contributed by atoms with Gasteiger partial charge in [-0.25, -0.2) is 0 Å². The van der Waals surface area contributed by atoms with Crippen molar-refractivity contribution >= 4 is 17.7 Å². The summed E-state index contributed by atoms with van der Waals surface area (Å²) in [6, 6.07) is 0. The predicted octanol–water partition coefficient (Wildman–Crippen LogP) is -5.06. The van der Waals surface area contributed by atoms with E-state index in [1.807, 2.05) is 6.92 Å². The highest BCUT2D eigenvalue weighted by atomic mass is 16.7. The van der Waals surface area contributed by atoms with Crippen LogP contribution in [0.5, 0.6) is 0 Å². The van der Waals surface area contributed by atoms with E-state index in [-0.39, 0.29) is 195 Å². The highest BCUT2D eigenvalue weighted by Crippen LogP contribution is 2.29. The SMILES string of the molecule is CC1[C@H](OCCOCCOCCNC(=O)CCOCC(C)(COCCC(=O)NCCOCCOCCO[C@@H]2OC(CO)[C@H](O)[C@H](O)C2C)COCCC(=O)NCCOCCOCCO[C@@H]2OC(CO)[C@H](O)[C@H](O)C2C)OC(CO)[C@H](O)[C@@H]1O. The molecule has 3 amide bonds. The second-order valence-corrected chi connectivity index (χ2v) is 20.8. The van der Waals surface area contributed by atoms with Gasteiger partial charge < -0.3 is 133 Å². The van der Waals surface area contributed by atoms with E-state index in [0.717, 1.165) is 0 Å². The zero-order valence-electron chi connectivity index (χ0n) is 48.7. The fourth-order valence-electron chi connectivity index (χ4n) is 8.50. The third-order valence-electron chi connectivity index (χ3n) is 13.7. The number of carbonyl (C=O) groups is 3. The van der Waals surface area contributed by atoms with Crippen molar-refractivity contribution in [2.75, 3.05) is 178 Å². The number of aliphatic hydroxyl groups excluding tert-OH is 9. The maximum absolute atomic E-state index is 12.5. The first-order valence-corrected chi connectivity index (χ1v) is 28.7. The van der Waals surface area contributed by atoms with Crippen LogP contribution < -0.4 is 16.0 Å². The topological polar surface area (TPSA) is 408 Å². The van der Waals surface area contributed by atoms with E-state index < -0.39 is 117 Å². The molecule has 3 aliphatic rings. The van der Waals surface area contributed by atoms with Gasteiger partial charge in [0.1, 0.15) is 36.6 Å². The summed E-state index contributed by atoms with van der Waals surface area (Å²) in [5.41, 5.74) is -0.721. The molecule has 3 aliphatic heterocycles. The third kappa shape index (κ3) is 29.8. The molecule has 0 aromatic heterocycles. The van der Waals surface area contributed by atoms with E-state index in [4.69, 9.17) is 71.1 Å².